The third-order valence-corrected chi connectivity index (χ3v) is 3.62. The van der Waals surface area contributed by atoms with Gasteiger partial charge in [-0.2, -0.15) is 0 Å². The number of halogens is 1. The molecular formula is C18H20FNO. The van der Waals surface area contributed by atoms with E-state index in [9.17, 15) is 9.18 Å². The molecule has 0 aliphatic carbocycles. The number of likely N-dealkylation sites (N-methyl/N-ethyl adjacent to an activating group) is 1. The average molecular weight is 285 g/mol. The zero-order valence-corrected chi connectivity index (χ0v) is 12.4. The topological polar surface area (TPSA) is 20.3 Å². The maximum absolute atomic E-state index is 12.9. The summed E-state index contributed by atoms with van der Waals surface area (Å²) in [6.45, 7) is 2.63. The smallest absolute Gasteiger partial charge is 0.179 e. The highest BCUT2D eigenvalue weighted by atomic mass is 19.1. The van der Waals surface area contributed by atoms with Crippen LogP contribution in [0.1, 0.15) is 29.3 Å². The van der Waals surface area contributed by atoms with Gasteiger partial charge in [-0.25, -0.2) is 4.39 Å². The van der Waals surface area contributed by atoms with E-state index in [1.165, 1.54) is 12.1 Å². The van der Waals surface area contributed by atoms with Crippen LogP contribution in [0.2, 0.25) is 0 Å². The summed E-state index contributed by atoms with van der Waals surface area (Å²) in [4.78, 5) is 14.6. The Morgan fingerprint density at radius 3 is 2.29 bits per heavy atom. The fourth-order valence-electron chi connectivity index (χ4n) is 2.48. The van der Waals surface area contributed by atoms with E-state index in [1.807, 2.05) is 49.2 Å². The van der Waals surface area contributed by atoms with Crippen LogP contribution in [0.25, 0.3) is 0 Å². The van der Waals surface area contributed by atoms with Crippen LogP contribution < -0.4 is 0 Å². The number of Topliss-reactive ketones (excluding diaryl/α,β-unsaturated/α-hetero) is 1. The molecule has 0 spiro atoms. The fourth-order valence-corrected chi connectivity index (χ4v) is 2.48. The van der Waals surface area contributed by atoms with Gasteiger partial charge in [-0.3, -0.25) is 9.69 Å². The van der Waals surface area contributed by atoms with Gasteiger partial charge in [0.15, 0.2) is 5.78 Å². The molecule has 0 fully saturated rings. The Labute approximate surface area is 125 Å². The summed E-state index contributed by atoms with van der Waals surface area (Å²) in [6.07, 6.45) is 0.741. The first-order valence-corrected chi connectivity index (χ1v) is 7.15. The van der Waals surface area contributed by atoms with Gasteiger partial charge >= 0.3 is 0 Å². The molecule has 0 bridgehead atoms. The van der Waals surface area contributed by atoms with E-state index in [0.717, 1.165) is 17.5 Å². The molecule has 0 saturated carbocycles. The second-order valence-corrected chi connectivity index (χ2v) is 5.20. The Morgan fingerprint density at radius 1 is 1.10 bits per heavy atom. The van der Waals surface area contributed by atoms with E-state index in [2.05, 4.69) is 0 Å². The largest absolute Gasteiger partial charge is 0.292 e. The van der Waals surface area contributed by atoms with Gasteiger partial charge in [0, 0.05) is 12.1 Å². The maximum atomic E-state index is 12.9. The van der Waals surface area contributed by atoms with Crippen molar-refractivity contribution in [2.45, 2.75) is 25.9 Å². The predicted octanol–water partition coefficient (Wildman–Crippen LogP) is 3.92. The highest BCUT2D eigenvalue weighted by Gasteiger charge is 2.22. The summed E-state index contributed by atoms with van der Waals surface area (Å²) in [5.41, 5.74) is 1.73. The van der Waals surface area contributed by atoms with Crippen LogP contribution in [-0.4, -0.2) is 23.8 Å². The Bertz CT molecular complexity index is 580. The summed E-state index contributed by atoms with van der Waals surface area (Å²) in [7, 11) is 1.93. The Kier molecular flexibility index (Phi) is 5.23. The molecule has 2 rings (SSSR count). The van der Waals surface area contributed by atoms with Crippen LogP contribution in [-0.2, 0) is 6.54 Å². The van der Waals surface area contributed by atoms with E-state index in [0.29, 0.717) is 6.54 Å². The lowest BCUT2D eigenvalue weighted by molar-refractivity contribution is 0.0838. The van der Waals surface area contributed by atoms with E-state index in [1.54, 1.807) is 12.1 Å². The summed E-state index contributed by atoms with van der Waals surface area (Å²) < 4.78 is 12.9. The molecule has 2 aromatic rings. The van der Waals surface area contributed by atoms with E-state index >= 15 is 0 Å². The molecule has 1 unspecified atom stereocenters. The lowest BCUT2D eigenvalue weighted by Crippen LogP contribution is -2.37. The Morgan fingerprint density at radius 2 is 1.71 bits per heavy atom. The number of carbonyl (C=O) groups is 1. The monoisotopic (exact) mass is 285 g/mol. The maximum Gasteiger partial charge on any atom is 0.179 e. The Balaban J connectivity index is 2.09. The van der Waals surface area contributed by atoms with Crippen molar-refractivity contribution in [1.29, 1.82) is 0 Å². The summed E-state index contributed by atoms with van der Waals surface area (Å²) in [5, 5.41) is 0. The van der Waals surface area contributed by atoms with Crippen molar-refractivity contribution >= 4 is 5.78 Å². The fraction of sp³-hybridized carbons (Fsp3) is 0.278. The normalized spacial score (nSPS) is 12.4. The Hall–Kier alpha value is -2.00. The standard InChI is InChI=1S/C18H20FNO/c1-3-17(18(21)15-7-5-4-6-8-15)20(2)13-14-9-11-16(19)12-10-14/h4-12,17H,3,13H2,1-2H3. The number of ketones is 1. The first-order chi connectivity index (χ1) is 10.1. The number of nitrogens with zero attached hydrogens (tertiary/aromatic N) is 1. The van der Waals surface area contributed by atoms with Gasteiger partial charge in [-0.15, -0.1) is 0 Å². The van der Waals surface area contributed by atoms with Crippen LogP contribution >= 0.6 is 0 Å². The van der Waals surface area contributed by atoms with E-state index in [-0.39, 0.29) is 17.6 Å². The van der Waals surface area contributed by atoms with E-state index < -0.39 is 0 Å². The van der Waals surface area contributed by atoms with Crippen molar-refractivity contribution < 1.29 is 9.18 Å². The first kappa shape index (κ1) is 15.4. The average Bonchev–Trinajstić information content (AvgIpc) is 2.51. The molecule has 110 valence electrons. The lowest BCUT2D eigenvalue weighted by Gasteiger charge is -2.26. The van der Waals surface area contributed by atoms with Crippen LogP contribution in [0, 0.1) is 5.82 Å². The number of carbonyl (C=O) groups excluding carboxylic acids is 1. The van der Waals surface area contributed by atoms with Gasteiger partial charge in [0.2, 0.25) is 0 Å². The molecule has 0 heterocycles. The molecule has 0 aliphatic rings. The summed E-state index contributed by atoms with van der Waals surface area (Å²) >= 11 is 0. The molecule has 2 nitrogen and oxygen atoms in total. The molecule has 2 aromatic carbocycles. The summed E-state index contributed by atoms with van der Waals surface area (Å²) in [6, 6.07) is 15.6. The SMILES string of the molecule is CCC(C(=O)c1ccccc1)N(C)Cc1ccc(F)cc1. The minimum Gasteiger partial charge on any atom is -0.292 e. The van der Waals surface area contributed by atoms with Crippen molar-refractivity contribution in [3.63, 3.8) is 0 Å². The molecule has 3 heteroatoms. The highest BCUT2D eigenvalue weighted by molar-refractivity contribution is 6.00. The second kappa shape index (κ2) is 7.14. The van der Waals surface area contributed by atoms with Gasteiger partial charge in [0.25, 0.3) is 0 Å². The second-order valence-electron chi connectivity index (χ2n) is 5.20. The van der Waals surface area contributed by atoms with Gasteiger partial charge in [0.1, 0.15) is 5.82 Å². The summed E-state index contributed by atoms with van der Waals surface area (Å²) in [5.74, 6) is -0.114. The van der Waals surface area contributed by atoms with Crippen molar-refractivity contribution in [2.75, 3.05) is 7.05 Å². The minimum atomic E-state index is -0.242. The molecule has 0 N–H and O–H groups in total. The van der Waals surface area contributed by atoms with Crippen molar-refractivity contribution in [3.05, 3.63) is 71.5 Å². The third kappa shape index (κ3) is 3.99. The van der Waals surface area contributed by atoms with Crippen molar-refractivity contribution in [3.8, 4) is 0 Å². The number of hydrogen-bond acceptors (Lipinski definition) is 2. The van der Waals surface area contributed by atoms with E-state index in [4.69, 9.17) is 0 Å². The molecular weight excluding hydrogens is 265 g/mol. The van der Waals surface area contributed by atoms with Gasteiger partial charge in [-0.05, 0) is 31.2 Å². The van der Waals surface area contributed by atoms with Crippen molar-refractivity contribution in [2.24, 2.45) is 0 Å². The van der Waals surface area contributed by atoms with Crippen LogP contribution in [0.5, 0.6) is 0 Å². The van der Waals surface area contributed by atoms with Gasteiger partial charge in [-0.1, -0.05) is 49.4 Å². The van der Waals surface area contributed by atoms with Gasteiger partial charge in [0.05, 0.1) is 6.04 Å². The van der Waals surface area contributed by atoms with Crippen LogP contribution in [0.15, 0.2) is 54.6 Å². The van der Waals surface area contributed by atoms with Gasteiger partial charge < -0.3 is 0 Å². The molecule has 0 aromatic heterocycles. The van der Waals surface area contributed by atoms with Crippen LogP contribution in [0.3, 0.4) is 0 Å². The van der Waals surface area contributed by atoms with Crippen molar-refractivity contribution in [1.82, 2.24) is 4.90 Å². The molecule has 0 saturated heterocycles. The molecule has 0 aliphatic heterocycles. The minimum absolute atomic E-state index is 0.128. The number of rotatable bonds is 6. The number of benzene rings is 2. The third-order valence-electron chi connectivity index (χ3n) is 3.62. The molecule has 0 radical (unpaired) electrons. The highest BCUT2D eigenvalue weighted by Crippen LogP contribution is 2.14. The lowest BCUT2D eigenvalue weighted by atomic mass is 10.0. The number of hydrogen-bond donors (Lipinski definition) is 0. The molecule has 1 atom stereocenters. The zero-order valence-electron chi connectivity index (χ0n) is 12.4. The predicted molar refractivity (Wildman–Crippen MR) is 82.7 cm³/mol. The quantitative estimate of drug-likeness (QED) is 0.750. The van der Waals surface area contributed by atoms with Crippen LogP contribution in [0.4, 0.5) is 4.39 Å². The zero-order chi connectivity index (χ0) is 15.2. The molecule has 0 amide bonds. The first-order valence-electron chi connectivity index (χ1n) is 7.15. The molecule has 21 heavy (non-hydrogen) atoms.